The molecule has 3 rings (SSSR count). The second kappa shape index (κ2) is 7.81. The van der Waals surface area contributed by atoms with E-state index in [1.807, 2.05) is 0 Å². The molecule has 0 aliphatic heterocycles. The van der Waals surface area contributed by atoms with Crippen molar-refractivity contribution in [1.29, 1.82) is 0 Å². The number of carboxylic acid groups (broad SMARTS) is 1. The zero-order valence-corrected chi connectivity index (χ0v) is 12.1. The number of hydrogen-bond acceptors (Lipinski definition) is 5. The Bertz CT molecular complexity index is 947. The molecule has 0 amide bonds. The third kappa shape index (κ3) is 3.62. The average molecular weight is 338 g/mol. The van der Waals surface area contributed by atoms with Gasteiger partial charge >= 0.3 is 35.5 Å². The minimum absolute atomic E-state index is 0. The summed E-state index contributed by atoms with van der Waals surface area (Å²) in [5, 5.41) is 18.4. The number of benzene rings is 2. The molecule has 6 nitrogen and oxygen atoms in total. The van der Waals surface area contributed by atoms with Crippen LogP contribution in [0.1, 0.15) is 16.8 Å². The van der Waals surface area contributed by atoms with E-state index in [0.29, 0.717) is 35.1 Å². The molecule has 0 radical (unpaired) electrons. The third-order valence-corrected chi connectivity index (χ3v) is 3.46. The van der Waals surface area contributed by atoms with Crippen molar-refractivity contribution < 1.29 is 24.2 Å². The van der Waals surface area contributed by atoms with Crippen molar-refractivity contribution >= 4 is 57.5 Å². The molecule has 0 aliphatic carbocycles. The van der Waals surface area contributed by atoms with Crippen LogP contribution in [0.4, 0.5) is 0 Å². The van der Waals surface area contributed by atoms with Gasteiger partial charge in [0, 0.05) is 13.0 Å². The van der Waals surface area contributed by atoms with Crippen molar-refractivity contribution in [1.82, 2.24) is 0 Å². The second-order valence-corrected chi connectivity index (χ2v) is 5.03. The predicted octanol–water partition coefficient (Wildman–Crippen LogP) is 1.76. The number of carbonyl (C=O) groups is 1. The summed E-state index contributed by atoms with van der Waals surface area (Å²) in [6.45, 7) is 0.384. The Balaban J connectivity index is 0.00000208. The van der Waals surface area contributed by atoms with Gasteiger partial charge in [-0.2, -0.15) is 0 Å². The van der Waals surface area contributed by atoms with Crippen LogP contribution in [0.25, 0.3) is 21.9 Å². The molecule has 2 aromatic carbocycles. The topological polar surface area (TPSA) is 97.0 Å². The SMILES string of the molecule is O=C(O)c1ccc2c(=O)c3cc(OCCCO)ccc3oc2c1.[NaH]. The van der Waals surface area contributed by atoms with Crippen molar-refractivity contribution in [3.63, 3.8) is 0 Å². The maximum absolute atomic E-state index is 12.5. The number of aliphatic hydroxyl groups is 1. The second-order valence-electron chi connectivity index (χ2n) is 5.03. The summed E-state index contributed by atoms with van der Waals surface area (Å²) in [4.78, 5) is 23.6. The summed E-state index contributed by atoms with van der Waals surface area (Å²) in [7, 11) is 0. The van der Waals surface area contributed by atoms with Gasteiger partial charge in [-0.15, -0.1) is 0 Å². The van der Waals surface area contributed by atoms with Crippen LogP contribution in [-0.2, 0) is 0 Å². The molecule has 24 heavy (non-hydrogen) atoms. The van der Waals surface area contributed by atoms with E-state index < -0.39 is 5.97 Å². The molecule has 0 saturated carbocycles. The number of rotatable bonds is 5. The molecular formula is C17H15NaO6. The molecule has 0 aliphatic rings. The first-order chi connectivity index (χ1) is 11.1. The number of carboxylic acids is 1. The average Bonchev–Trinajstić information content (AvgIpc) is 2.55. The Hall–Kier alpha value is -1.86. The minimum atomic E-state index is -1.08. The number of aromatic carboxylic acids is 1. The van der Waals surface area contributed by atoms with Gasteiger partial charge in [0.05, 0.1) is 22.9 Å². The van der Waals surface area contributed by atoms with Gasteiger partial charge in [-0.3, -0.25) is 4.79 Å². The quantitative estimate of drug-likeness (QED) is 0.418. The fraction of sp³-hybridized carbons (Fsp3) is 0.176. The molecule has 0 bridgehead atoms. The van der Waals surface area contributed by atoms with E-state index in [0.717, 1.165) is 0 Å². The number of fused-ring (bicyclic) bond motifs is 2. The van der Waals surface area contributed by atoms with Crippen molar-refractivity contribution in [3.05, 3.63) is 52.2 Å². The molecular weight excluding hydrogens is 323 g/mol. The summed E-state index contributed by atoms with van der Waals surface area (Å²) < 4.78 is 11.1. The molecule has 1 aromatic heterocycles. The van der Waals surface area contributed by atoms with Gasteiger partial charge in [0.25, 0.3) is 0 Å². The fourth-order valence-corrected chi connectivity index (χ4v) is 2.31. The summed E-state index contributed by atoms with van der Waals surface area (Å²) >= 11 is 0. The zero-order valence-electron chi connectivity index (χ0n) is 12.1. The first-order valence-corrected chi connectivity index (χ1v) is 7.08. The standard InChI is InChI=1S/C17H14O6.Na.H/c18-6-1-7-22-11-3-5-14-13(9-11)16(19)12-4-2-10(17(20)21)8-15(12)23-14;;/h2-5,8-9,18H,1,6-7H2,(H,20,21);;. The van der Waals surface area contributed by atoms with Gasteiger partial charge in [-0.25, -0.2) is 4.79 Å². The van der Waals surface area contributed by atoms with Crippen LogP contribution in [0, 0.1) is 0 Å². The van der Waals surface area contributed by atoms with Crippen LogP contribution in [0.5, 0.6) is 5.75 Å². The van der Waals surface area contributed by atoms with E-state index in [1.54, 1.807) is 18.2 Å². The zero-order chi connectivity index (χ0) is 16.4. The van der Waals surface area contributed by atoms with Gasteiger partial charge < -0.3 is 19.4 Å². The number of aliphatic hydroxyl groups excluding tert-OH is 1. The Kier molecular flexibility index (Phi) is 6.01. The summed E-state index contributed by atoms with van der Waals surface area (Å²) in [5.74, 6) is -0.568. The Morgan fingerprint density at radius 2 is 1.88 bits per heavy atom. The van der Waals surface area contributed by atoms with Crippen LogP contribution in [0.2, 0.25) is 0 Å². The first-order valence-electron chi connectivity index (χ1n) is 7.08. The van der Waals surface area contributed by atoms with E-state index in [1.165, 1.54) is 18.2 Å². The monoisotopic (exact) mass is 338 g/mol. The molecule has 3 aromatic rings. The molecule has 2 N–H and O–H groups in total. The molecule has 1 heterocycles. The van der Waals surface area contributed by atoms with E-state index >= 15 is 0 Å². The molecule has 0 saturated heterocycles. The van der Waals surface area contributed by atoms with E-state index in [4.69, 9.17) is 19.4 Å². The summed E-state index contributed by atoms with van der Waals surface area (Å²) in [6, 6.07) is 9.01. The third-order valence-electron chi connectivity index (χ3n) is 3.46. The molecule has 120 valence electrons. The van der Waals surface area contributed by atoms with Gasteiger partial charge in [-0.1, -0.05) is 0 Å². The van der Waals surface area contributed by atoms with E-state index in [-0.39, 0.29) is 52.7 Å². The Morgan fingerprint density at radius 1 is 1.08 bits per heavy atom. The van der Waals surface area contributed by atoms with E-state index in [2.05, 4.69) is 0 Å². The van der Waals surface area contributed by atoms with Gasteiger partial charge in [0.2, 0.25) is 5.43 Å². The number of hydrogen-bond donors (Lipinski definition) is 2. The Morgan fingerprint density at radius 3 is 2.58 bits per heavy atom. The van der Waals surface area contributed by atoms with Gasteiger partial charge in [0.15, 0.2) is 0 Å². The Labute approximate surface area is 158 Å². The first kappa shape index (κ1) is 18.5. The molecule has 0 unspecified atom stereocenters. The van der Waals surface area contributed by atoms with Crippen LogP contribution < -0.4 is 10.2 Å². The molecule has 7 heteroatoms. The van der Waals surface area contributed by atoms with E-state index in [9.17, 15) is 9.59 Å². The number of ether oxygens (including phenoxy) is 1. The van der Waals surface area contributed by atoms with Crippen LogP contribution in [-0.4, -0.2) is 59.0 Å². The molecule has 0 atom stereocenters. The normalized spacial score (nSPS) is 10.5. The van der Waals surface area contributed by atoms with Crippen LogP contribution in [0.3, 0.4) is 0 Å². The molecule has 0 fully saturated rings. The van der Waals surface area contributed by atoms with Crippen molar-refractivity contribution in [2.24, 2.45) is 0 Å². The van der Waals surface area contributed by atoms with Crippen LogP contribution >= 0.6 is 0 Å². The predicted molar refractivity (Wildman–Crippen MR) is 91.3 cm³/mol. The maximum atomic E-state index is 12.5. The summed E-state index contributed by atoms with van der Waals surface area (Å²) in [5.41, 5.74) is 0.408. The summed E-state index contributed by atoms with van der Waals surface area (Å²) in [6.07, 6.45) is 0.502. The molecule has 0 spiro atoms. The van der Waals surface area contributed by atoms with Crippen molar-refractivity contribution in [2.45, 2.75) is 6.42 Å². The van der Waals surface area contributed by atoms with Gasteiger partial charge in [-0.05, 0) is 36.4 Å². The van der Waals surface area contributed by atoms with Gasteiger partial charge in [0.1, 0.15) is 16.9 Å². The van der Waals surface area contributed by atoms with Crippen molar-refractivity contribution in [3.8, 4) is 5.75 Å². The van der Waals surface area contributed by atoms with Crippen molar-refractivity contribution in [2.75, 3.05) is 13.2 Å². The fourth-order valence-electron chi connectivity index (χ4n) is 2.31. The van der Waals surface area contributed by atoms with Crippen LogP contribution in [0.15, 0.2) is 45.6 Å².